The van der Waals surface area contributed by atoms with Crippen molar-refractivity contribution in [2.75, 3.05) is 26.2 Å². The van der Waals surface area contributed by atoms with E-state index in [9.17, 15) is 5.11 Å². The first-order valence-corrected chi connectivity index (χ1v) is 7.91. The van der Waals surface area contributed by atoms with Gasteiger partial charge >= 0.3 is 0 Å². The minimum Gasteiger partial charge on any atom is -0.396 e. The van der Waals surface area contributed by atoms with Crippen LogP contribution in [0, 0.1) is 5.92 Å². The number of piperidine rings is 1. The molecule has 0 aromatic heterocycles. The number of hydrogen-bond donors (Lipinski definition) is 2. The van der Waals surface area contributed by atoms with E-state index in [0.29, 0.717) is 18.6 Å². The van der Waals surface area contributed by atoms with Crippen molar-refractivity contribution >= 4 is 0 Å². The molecule has 3 nitrogen and oxygen atoms in total. The molecule has 0 bridgehead atoms. The Morgan fingerprint density at radius 3 is 2.56 bits per heavy atom. The molecular formula is C15H30N2O. The van der Waals surface area contributed by atoms with Crippen LogP contribution in [0.3, 0.4) is 0 Å². The molecule has 0 radical (unpaired) electrons. The predicted molar refractivity (Wildman–Crippen MR) is 75.7 cm³/mol. The molecule has 1 saturated carbocycles. The van der Waals surface area contributed by atoms with Crippen molar-refractivity contribution in [3.8, 4) is 0 Å². The van der Waals surface area contributed by atoms with E-state index in [0.717, 1.165) is 6.04 Å². The van der Waals surface area contributed by atoms with Crippen molar-refractivity contribution in [3.05, 3.63) is 0 Å². The van der Waals surface area contributed by atoms with Crippen LogP contribution < -0.4 is 5.32 Å². The zero-order chi connectivity index (χ0) is 12.8. The quantitative estimate of drug-likeness (QED) is 0.788. The maximum atomic E-state index is 9.27. The molecule has 1 aliphatic carbocycles. The molecule has 0 aromatic carbocycles. The van der Waals surface area contributed by atoms with Gasteiger partial charge in [-0.1, -0.05) is 13.3 Å². The summed E-state index contributed by atoms with van der Waals surface area (Å²) in [5.41, 5.74) is 0. The van der Waals surface area contributed by atoms with Gasteiger partial charge in [0.15, 0.2) is 0 Å². The Morgan fingerprint density at radius 2 is 1.89 bits per heavy atom. The molecule has 0 amide bonds. The van der Waals surface area contributed by atoms with Gasteiger partial charge in [-0.3, -0.25) is 0 Å². The van der Waals surface area contributed by atoms with Crippen LogP contribution in [-0.4, -0.2) is 48.3 Å². The van der Waals surface area contributed by atoms with E-state index in [1.807, 2.05) is 0 Å². The Balaban J connectivity index is 1.67. The van der Waals surface area contributed by atoms with Gasteiger partial charge in [0.1, 0.15) is 0 Å². The number of hydrogen-bond acceptors (Lipinski definition) is 3. The van der Waals surface area contributed by atoms with Crippen LogP contribution >= 0.6 is 0 Å². The van der Waals surface area contributed by atoms with E-state index in [1.54, 1.807) is 0 Å². The van der Waals surface area contributed by atoms with E-state index < -0.39 is 0 Å². The third-order valence-electron chi connectivity index (χ3n) is 4.64. The van der Waals surface area contributed by atoms with Crippen molar-refractivity contribution in [1.82, 2.24) is 10.2 Å². The number of aliphatic hydroxyl groups is 1. The van der Waals surface area contributed by atoms with Gasteiger partial charge in [0, 0.05) is 18.7 Å². The van der Waals surface area contributed by atoms with Crippen LogP contribution in [0.15, 0.2) is 0 Å². The van der Waals surface area contributed by atoms with Crippen molar-refractivity contribution < 1.29 is 5.11 Å². The van der Waals surface area contributed by atoms with E-state index in [2.05, 4.69) is 17.1 Å². The molecule has 1 heterocycles. The maximum absolute atomic E-state index is 9.27. The number of rotatable bonds is 5. The van der Waals surface area contributed by atoms with Gasteiger partial charge in [-0.15, -0.1) is 0 Å². The highest BCUT2D eigenvalue weighted by Crippen LogP contribution is 2.25. The van der Waals surface area contributed by atoms with Crippen molar-refractivity contribution in [2.45, 2.75) is 64.0 Å². The molecular weight excluding hydrogens is 224 g/mol. The summed E-state index contributed by atoms with van der Waals surface area (Å²) in [6.45, 7) is 6.45. The van der Waals surface area contributed by atoms with Crippen molar-refractivity contribution in [1.29, 1.82) is 0 Å². The molecule has 1 saturated heterocycles. The van der Waals surface area contributed by atoms with Crippen LogP contribution in [0.5, 0.6) is 0 Å². The van der Waals surface area contributed by atoms with Gasteiger partial charge in [0.05, 0.1) is 0 Å². The fourth-order valence-electron chi connectivity index (χ4n) is 3.58. The van der Waals surface area contributed by atoms with Gasteiger partial charge in [0.2, 0.25) is 0 Å². The Bertz CT molecular complexity index is 227. The summed E-state index contributed by atoms with van der Waals surface area (Å²) in [4.78, 5) is 2.59. The number of aliphatic hydroxyl groups excluding tert-OH is 1. The molecule has 2 unspecified atom stereocenters. The fraction of sp³-hybridized carbons (Fsp3) is 1.00. The number of nitrogens with one attached hydrogen (secondary N) is 1. The molecule has 2 atom stereocenters. The summed E-state index contributed by atoms with van der Waals surface area (Å²) in [6, 6.07) is 1.39. The van der Waals surface area contributed by atoms with Crippen LogP contribution in [0.1, 0.15) is 51.9 Å². The molecule has 0 spiro atoms. The first-order valence-electron chi connectivity index (χ1n) is 7.91. The Labute approximate surface area is 112 Å². The monoisotopic (exact) mass is 254 g/mol. The van der Waals surface area contributed by atoms with Crippen molar-refractivity contribution in [3.63, 3.8) is 0 Å². The highest BCUT2D eigenvalue weighted by atomic mass is 16.3. The third kappa shape index (κ3) is 4.22. The van der Waals surface area contributed by atoms with E-state index in [1.165, 1.54) is 64.6 Å². The number of likely N-dealkylation sites (tertiary alicyclic amines) is 1. The SMILES string of the molecule is CCCN1CCC(NC2CCCC(CO)C2)CC1. The molecule has 2 N–H and O–H groups in total. The Hall–Kier alpha value is -0.120. The van der Waals surface area contributed by atoms with Gasteiger partial charge in [0.25, 0.3) is 0 Å². The molecule has 2 fully saturated rings. The fourth-order valence-corrected chi connectivity index (χ4v) is 3.58. The normalized spacial score (nSPS) is 31.7. The van der Waals surface area contributed by atoms with Gasteiger partial charge in [-0.2, -0.15) is 0 Å². The topological polar surface area (TPSA) is 35.5 Å². The molecule has 0 aromatic rings. The second-order valence-corrected chi connectivity index (χ2v) is 6.19. The summed E-state index contributed by atoms with van der Waals surface area (Å²) in [7, 11) is 0. The lowest BCUT2D eigenvalue weighted by Gasteiger charge is -2.36. The lowest BCUT2D eigenvalue weighted by Crippen LogP contribution is -2.47. The highest BCUT2D eigenvalue weighted by molar-refractivity contribution is 4.84. The maximum Gasteiger partial charge on any atom is 0.0459 e. The zero-order valence-corrected chi connectivity index (χ0v) is 11.9. The van der Waals surface area contributed by atoms with Crippen LogP contribution in [0.4, 0.5) is 0 Å². The minimum absolute atomic E-state index is 0.382. The molecule has 2 aliphatic rings. The molecule has 1 aliphatic heterocycles. The van der Waals surface area contributed by atoms with Crippen molar-refractivity contribution in [2.24, 2.45) is 5.92 Å². The minimum atomic E-state index is 0.382. The third-order valence-corrected chi connectivity index (χ3v) is 4.64. The first kappa shape index (κ1) is 14.3. The number of nitrogens with zero attached hydrogens (tertiary/aromatic N) is 1. The summed E-state index contributed by atoms with van der Waals surface area (Å²) in [5, 5.41) is 13.1. The standard InChI is InChI=1S/C15H30N2O/c1-2-8-17-9-6-14(7-10-17)16-15-5-3-4-13(11-15)12-18/h13-16,18H,2-12H2,1H3. The van der Waals surface area contributed by atoms with E-state index in [4.69, 9.17) is 0 Å². The summed E-state index contributed by atoms with van der Waals surface area (Å²) < 4.78 is 0. The molecule has 3 heteroatoms. The zero-order valence-electron chi connectivity index (χ0n) is 11.9. The highest BCUT2D eigenvalue weighted by Gasteiger charge is 2.25. The van der Waals surface area contributed by atoms with Gasteiger partial charge in [-0.05, 0) is 64.1 Å². The summed E-state index contributed by atoms with van der Waals surface area (Å²) >= 11 is 0. The lowest BCUT2D eigenvalue weighted by atomic mass is 9.85. The van der Waals surface area contributed by atoms with Crippen LogP contribution in [0.25, 0.3) is 0 Å². The first-order chi connectivity index (χ1) is 8.81. The lowest BCUT2D eigenvalue weighted by molar-refractivity contribution is 0.148. The second-order valence-electron chi connectivity index (χ2n) is 6.19. The Kier molecular flexibility index (Phi) is 5.93. The van der Waals surface area contributed by atoms with Crippen LogP contribution in [-0.2, 0) is 0 Å². The van der Waals surface area contributed by atoms with E-state index >= 15 is 0 Å². The van der Waals surface area contributed by atoms with Gasteiger partial charge in [-0.25, -0.2) is 0 Å². The van der Waals surface area contributed by atoms with Crippen LogP contribution in [0.2, 0.25) is 0 Å². The molecule has 2 rings (SSSR count). The molecule has 18 heavy (non-hydrogen) atoms. The second kappa shape index (κ2) is 7.46. The Morgan fingerprint density at radius 1 is 1.11 bits per heavy atom. The average Bonchev–Trinajstić information content (AvgIpc) is 2.42. The summed E-state index contributed by atoms with van der Waals surface area (Å²) in [6.07, 6.45) is 8.90. The molecule has 106 valence electrons. The predicted octanol–water partition coefficient (Wildman–Crippen LogP) is 2.00. The smallest absolute Gasteiger partial charge is 0.0459 e. The largest absolute Gasteiger partial charge is 0.396 e. The average molecular weight is 254 g/mol. The van der Waals surface area contributed by atoms with Gasteiger partial charge < -0.3 is 15.3 Å². The van der Waals surface area contributed by atoms with E-state index in [-0.39, 0.29) is 0 Å². The summed E-state index contributed by atoms with van der Waals surface area (Å²) in [5.74, 6) is 0.552.